The summed E-state index contributed by atoms with van der Waals surface area (Å²) in [5.41, 5.74) is 0. The molecule has 0 N–H and O–H groups in total. The van der Waals surface area contributed by atoms with Crippen LogP contribution in [0.25, 0.3) is 0 Å². The molecular weight excluding hydrogens is 901 g/mol. The van der Waals surface area contributed by atoms with E-state index in [2.05, 4.69) is 57.2 Å². The van der Waals surface area contributed by atoms with Gasteiger partial charge in [-0.3, -0.25) is 14.4 Å². The molecule has 0 saturated heterocycles. The summed E-state index contributed by atoms with van der Waals surface area (Å²) < 4.78 is 16.9. The van der Waals surface area contributed by atoms with E-state index in [0.717, 1.165) is 64.2 Å². The van der Waals surface area contributed by atoms with Crippen molar-refractivity contribution in [1.29, 1.82) is 0 Å². The van der Waals surface area contributed by atoms with Crippen molar-refractivity contribution in [2.45, 2.75) is 361 Å². The van der Waals surface area contributed by atoms with Crippen molar-refractivity contribution >= 4 is 17.9 Å². The zero-order valence-corrected chi connectivity index (χ0v) is 49.2. The summed E-state index contributed by atoms with van der Waals surface area (Å²) >= 11 is 0. The average molecular weight is 1030 g/mol. The summed E-state index contributed by atoms with van der Waals surface area (Å²) in [6.07, 6.45) is 75.8. The molecule has 0 aliphatic heterocycles. The third-order valence-electron chi connectivity index (χ3n) is 14.6. The zero-order valence-electron chi connectivity index (χ0n) is 49.2. The first-order valence-electron chi connectivity index (χ1n) is 32.5. The lowest BCUT2D eigenvalue weighted by molar-refractivity contribution is -0.167. The van der Waals surface area contributed by atoms with Crippen LogP contribution in [0, 0.1) is 0 Å². The van der Waals surface area contributed by atoms with Crippen LogP contribution in [0.2, 0.25) is 0 Å². The summed E-state index contributed by atoms with van der Waals surface area (Å²) in [5, 5.41) is 0. The average Bonchev–Trinajstić information content (AvgIpc) is 3.39. The lowest BCUT2D eigenvalue weighted by Crippen LogP contribution is -2.30. The fraction of sp³-hybridized carbons (Fsp3) is 0.866. The maximum Gasteiger partial charge on any atom is 0.306 e. The zero-order chi connectivity index (χ0) is 52.9. The first kappa shape index (κ1) is 70.6. The van der Waals surface area contributed by atoms with Gasteiger partial charge in [-0.05, 0) is 96.3 Å². The maximum atomic E-state index is 12.9. The van der Waals surface area contributed by atoms with E-state index in [0.29, 0.717) is 19.3 Å². The summed E-state index contributed by atoms with van der Waals surface area (Å²) in [4.78, 5) is 38.3. The Hall–Kier alpha value is -2.37. The first-order chi connectivity index (χ1) is 36.0. The van der Waals surface area contributed by atoms with Crippen LogP contribution >= 0.6 is 0 Å². The second kappa shape index (κ2) is 62.2. The van der Waals surface area contributed by atoms with Crippen molar-refractivity contribution in [2.24, 2.45) is 0 Å². The van der Waals surface area contributed by atoms with E-state index >= 15 is 0 Å². The monoisotopic (exact) mass is 1020 g/mol. The van der Waals surface area contributed by atoms with Crippen molar-refractivity contribution in [3.8, 4) is 0 Å². The van der Waals surface area contributed by atoms with Crippen LogP contribution in [0.5, 0.6) is 0 Å². The van der Waals surface area contributed by atoms with E-state index in [1.165, 1.54) is 250 Å². The molecule has 1 unspecified atom stereocenters. The van der Waals surface area contributed by atoms with Gasteiger partial charge in [-0.15, -0.1) is 0 Å². The smallest absolute Gasteiger partial charge is 0.306 e. The molecule has 0 radical (unpaired) electrons. The van der Waals surface area contributed by atoms with Crippen LogP contribution in [-0.2, 0) is 28.6 Å². The molecule has 0 aliphatic carbocycles. The molecule has 0 amide bonds. The van der Waals surface area contributed by atoms with Crippen LogP contribution < -0.4 is 0 Å². The highest BCUT2D eigenvalue weighted by molar-refractivity contribution is 5.71. The third-order valence-corrected chi connectivity index (χ3v) is 14.6. The molecule has 1 atom stereocenters. The van der Waals surface area contributed by atoms with Crippen LogP contribution in [0.4, 0.5) is 0 Å². The molecule has 428 valence electrons. The van der Waals surface area contributed by atoms with Crippen molar-refractivity contribution in [3.05, 3.63) is 36.5 Å². The van der Waals surface area contributed by atoms with Crippen molar-refractivity contribution in [3.63, 3.8) is 0 Å². The highest BCUT2D eigenvalue weighted by Crippen LogP contribution is 2.17. The molecule has 0 bridgehead atoms. The minimum Gasteiger partial charge on any atom is -0.462 e. The molecular formula is C67H124O6. The Bertz CT molecular complexity index is 1220. The lowest BCUT2D eigenvalue weighted by atomic mass is 10.0. The van der Waals surface area contributed by atoms with Crippen LogP contribution in [-0.4, -0.2) is 37.2 Å². The highest BCUT2D eigenvalue weighted by atomic mass is 16.6. The van der Waals surface area contributed by atoms with Crippen LogP contribution in [0.1, 0.15) is 355 Å². The predicted octanol–water partition coefficient (Wildman–Crippen LogP) is 22.0. The van der Waals surface area contributed by atoms with E-state index in [-0.39, 0.29) is 31.1 Å². The van der Waals surface area contributed by atoms with Crippen molar-refractivity contribution in [1.82, 2.24) is 0 Å². The van der Waals surface area contributed by atoms with Gasteiger partial charge in [0.1, 0.15) is 13.2 Å². The second-order valence-corrected chi connectivity index (χ2v) is 22.0. The molecule has 0 aliphatic rings. The van der Waals surface area contributed by atoms with Gasteiger partial charge in [-0.25, -0.2) is 0 Å². The van der Waals surface area contributed by atoms with Gasteiger partial charge >= 0.3 is 17.9 Å². The van der Waals surface area contributed by atoms with Gasteiger partial charge in [-0.1, -0.05) is 276 Å². The molecule has 0 aromatic heterocycles. The largest absolute Gasteiger partial charge is 0.462 e. The summed E-state index contributed by atoms with van der Waals surface area (Å²) in [5.74, 6) is -0.866. The Morgan fingerprint density at radius 1 is 0.260 bits per heavy atom. The van der Waals surface area contributed by atoms with E-state index < -0.39 is 6.10 Å². The quantitative estimate of drug-likeness (QED) is 0.0261. The topological polar surface area (TPSA) is 78.9 Å². The van der Waals surface area contributed by atoms with Crippen molar-refractivity contribution in [2.75, 3.05) is 13.2 Å². The molecule has 0 heterocycles. The van der Waals surface area contributed by atoms with Gasteiger partial charge in [0.25, 0.3) is 0 Å². The Kier molecular flexibility index (Phi) is 60.2. The maximum absolute atomic E-state index is 12.9. The number of unbranched alkanes of at least 4 members (excludes halogenated alkanes) is 43. The minimum atomic E-state index is -0.777. The summed E-state index contributed by atoms with van der Waals surface area (Å²) in [6.45, 7) is 6.67. The SMILES string of the molecule is CCCCCCC/C=C\CCCCCCCC(=O)OCC(COC(=O)CCCCCCCCCCCCC/C=C\CCCCCCCCCC)OC(=O)CCCCCCCCC/C=C\CCCCCCCCC. The molecule has 73 heavy (non-hydrogen) atoms. The summed E-state index contributed by atoms with van der Waals surface area (Å²) in [6, 6.07) is 0. The lowest BCUT2D eigenvalue weighted by Gasteiger charge is -2.18. The number of allylic oxidation sites excluding steroid dienone is 6. The molecule has 0 aromatic carbocycles. The number of carbonyl (C=O) groups is 3. The number of esters is 3. The molecule has 0 rings (SSSR count). The molecule has 0 aromatic rings. The number of hydrogen-bond acceptors (Lipinski definition) is 6. The van der Waals surface area contributed by atoms with Gasteiger partial charge in [-0.2, -0.15) is 0 Å². The Balaban J connectivity index is 4.30. The van der Waals surface area contributed by atoms with Gasteiger partial charge in [0.2, 0.25) is 0 Å². The van der Waals surface area contributed by atoms with E-state index in [1.54, 1.807) is 0 Å². The normalized spacial score (nSPS) is 12.2. The minimum absolute atomic E-state index is 0.0739. The standard InChI is InChI=1S/C67H124O6/c1-4-7-10-13-16-19-22-25-28-30-32-33-34-35-36-38-39-42-45-48-51-54-57-60-66(69)72-63-64(62-71-65(68)59-56-53-50-47-44-41-27-24-21-18-15-12-9-6-3)73-67(70)61-58-55-52-49-46-43-40-37-31-29-26-23-20-17-14-11-8-5-2/h24,27,29-32,64H,4-23,25-26,28,33-63H2,1-3H3/b27-24-,31-29-,32-30-. The van der Waals surface area contributed by atoms with E-state index in [1.807, 2.05) is 0 Å². The Morgan fingerprint density at radius 3 is 0.685 bits per heavy atom. The Morgan fingerprint density at radius 2 is 0.452 bits per heavy atom. The van der Waals surface area contributed by atoms with Gasteiger partial charge < -0.3 is 14.2 Å². The third kappa shape index (κ3) is 60.4. The van der Waals surface area contributed by atoms with E-state index in [4.69, 9.17) is 14.2 Å². The number of ether oxygens (including phenoxy) is 3. The highest BCUT2D eigenvalue weighted by Gasteiger charge is 2.19. The van der Waals surface area contributed by atoms with Crippen LogP contribution in [0.15, 0.2) is 36.5 Å². The van der Waals surface area contributed by atoms with Gasteiger partial charge in [0, 0.05) is 19.3 Å². The molecule has 0 spiro atoms. The molecule has 6 nitrogen and oxygen atoms in total. The fourth-order valence-electron chi connectivity index (χ4n) is 9.67. The molecule has 6 heteroatoms. The number of carbonyl (C=O) groups excluding carboxylic acids is 3. The molecule has 0 fully saturated rings. The van der Waals surface area contributed by atoms with E-state index in [9.17, 15) is 14.4 Å². The summed E-state index contributed by atoms with van der Waals surface area (Å²) in [7, 11) is 0. The van der Waals surface area contributed by atoms with Gasteiger partial charge in [0.15, 0.2) is 6.10 Å². The predicted molar refractivity (Wildman–Crippen MR) is 316 cm³/mol. The van der Waals surface area contributed by atoms with Crippen molar-refractivity contribution < 1.29 is 28.6 Å². The van der Waals surface area contributed by atoms with Crippen LogP contribution in [0.3, 0.4) is 0 Å². The fourth-order valence-corrected chi connectivity index (χ4v) is 9.67. The number of rotatable bonds is 60. The molecule has 0 saturated carbocycles. The van der Waals surface area contributed by atoms with Gasteiger partial charge in [0.05, 0.1) is 0 Å². The number of hydrogen-bond donors (Lipinski definition) is 0. The Labute approximate surface area is 455 Å². The second-order valence-electron chi connectivity index (χ2n) is 22.0. The first-order valence-corrected chi connectivity index (χ1v) is 32.5.